The second-order valence-corrected chi connectivity index (χ2v) is 4.43. The molecule has 5 heteroatoms. The number of aromatic carboxylic acids is 1. The minimum atomic E-state index is -0.927. The van der Waals surface area contributed by atoms with Crippen molar-refractivity contribution in [3.05, 3.63) is 29.8 Å². The molecular formula is C13H17NO4. The van der Waals surface area contributed by atoms with Gasteiger partial charge in [-0.25, -0.2) is 4.79 Å². The number of carboxylic acid groups (broad SMARTS) is 1. The van der Waals surface area contributed by atoms with E-state index in [4.69, 9.17) is 14.6 Å². The zero-order chi connectivity index (χ0) is 13.0. The van der Waals surface area contributed by atoms with Gasteiger partial charge in [-0.3, -0.25) is 0 Å². The summed E-state index contributed by atoms with van der Waals surface area (Å²) >= 11 is 0. The van der Waals surface area contributed by atoms with Crippen LogP contribution >= 0.6 is 0 Å². The molecule has 1 unspecified atom stereocenters. The first-order valence-electron chi connectivity index (χ1n) is 5.85. The summed E-state index contributed by atoms with van der Waals surface area (Å²) in [5.41, 5.74) is 0.742. The van der Waals surface area contributed by atoms with E-state index in [2.05, 4.69) is 5.32 Å². The molecule has 0 aromatic heterocycles. The Morgan fingerprint density at radius 3 is 3.06 bits per heavy atom. The molecule has 1 aliphatic rings. The van der Waals surface area contributed by atoms with Gasteiger partial charge in [-0.1, -0.05) is 6.07 Å². The van der Waals surface area contributed by atoms with Gasteiger partial charge in [-0.05, 0) is 18.2 Å². The molecule has 1 saturated heterocycles. The van der Waals surface area contributed by atoms with Crippen molar-refractivity contribution in [2.45, 2.75) is 12.0 Å². The predicted octanol–water partition coefficient (Wildman–Crippen LogP) is 1.60. The molecule has 0 saturated carbocycles. The average Bonchev–Trinajstić information content (AvgIpc) is 2.86. The van der Waals surface area contributed by atoms with E-state index in [1.54, 1.807) is 25.3 Å². The Labute approximate surface area is 106 Å². The van der Waals surface area contributed by atoms with Gasteiger partial charge in [-0.2, -0.15) is 0 Å². The maximum absolute atomic E-state index is 10.9. The summed E-state index contributed by atoms with van der Waals surface area (Å²) in [6, 6.07) is 6.74. The number of nitrogens with one attached hydrogen (secondary N) is 1. The Balaban J connectivity index is 2.01. The Morgan fingerprint density at radius 1 is 1.61 bits per heavy atom. The molecule has 1 aromatic carbocycles. The normalized spacial score (nSPS) is 22.9. The molecule has 1 aromatic rings. The van der Waals surface area contributed by atoms with E-state index < -0.39 is 5.97 Å². The zero-order valence-electron chi connectivity index (χ0n) is 10.3. The number of carbonyl (C=O) groups is 1. The van der Waals surface area contributed by atoms with Crippen molar-refractivity contribution in [1.82, 2.24) is 0 Å². The van der Waals surface area contributed by atoms with E-state index in [0.29, 0.717) is 19.8 Å². The highest BCUT2D eigenvalue weighted by Crippen LogP contribution is 2.23. The van der Waals surface area contributed by atoms with Crippen LogP contribution in [0.1, 0.15) is 16.8 Å². The highest BCUT2D eigenvalue weighted by Gasteiger charge is 2.34. The first kappa shape index (κ1) is 12.9. The lowest BCUT2D eigenvalue weighted by Gasteiger charge is -2.26. The van der Waals surface area contributed by atoms with Crippen molar-refractivity contribution in [2.75, 3.05) is 32.2 Å². The number of anilines is 1. The Kier molecular flexibility index (Phi) is 3.84. The standard InChI is InChI=1S/C13H17NO4/c1-17-13(5-6-18-9-13)8-14-11-4-2-3-10(7-11)12(15)16/h2-4,7,14H,5-6,8-9H2,1H3,(H,15,16). The molecule has 2 rings (SSSR count). The van der Waals surface area contributed by atoms with E-state index in [1.165, 1.54) is 0 Å². The number of rotatable bonds is 5. The van der Waals surface area contributed by atoms with Gasteiger partial charge < -0.3 is 19.9 Å². The van der Waals surface area contributed by atoms with Crippen LogP contribution in [0.15, 0.2) is 24.3 Å². The fourth-order valence-electron chi connectivity index (χ4n) is 1.99. The molecular weight excluding hydrogens is 234 g/mol. The summed E-state index contributed by atoms with van der Waals surface area (Å²) in [5, 5.41) is 12.1. The van der Waals surface area contributed by atoms with E-state index in [9.17, 15) is 4.79 Å². The van der Waals surface area contributed by atoms with Crippen LogP contribution in [0.5, 0.6) is 0 Å². The van der Waals surface area contributed by atoms with Crippen molar-refractivity contribution in [3.63, 3.8) is 0 Å². The van der Waals surface area contributed by atoms with Crippen LogP contribution in [0.25, 0.3) is 0 Å². The van der Waals surface area contributed by atoms with Crippen LogP contribution in [-0.4, -0.2) is 43.5 Å². The second-order valence-electron chi connectivity index (χ2n) is 4.43. The largest absolute Gasteiger partial charge is 0.478 e. The number of carboxylic acids is 1. The fourth-order valence-corrected chi connectivity index (χ4v) is 1.99. The van der Waals surface area contributed by atoms with E-state index in [1.807, 2.05) is 6.07 Å². The maximum atomic E-state index is 10.9. The van der Waals surface area contributed by atoms with Gasteiger partial charge >= 0.3 is 5.97 Å². The molecule has 2 N–H and O–H groups in total. The van der Waals surface area contributed by atoms with Gasteiger partial charge in [0, 0.05) is 32.4 Å². The third-order valence-corrected chi connectivity index (χ3v) is 3.22. The molecule has 1 aliphatic heterocycles. The summed E-state index contributed by atoms with van der Waals surface area (Å²) in [5.74, 6) is -0.927. The molecule has 18 heavy (non-hydrogen) atoms. The zero-order valence-corrected chi connectivity index (χ0v) is 10.3. The minimum absolute atomic E-state index is 0.272. The molecule has 0 aliphatic carbocycles. The summed E-state index contributed by atoms with van der Waals surface area (Å²) in [6.07, 6.45) is 0.842. The smallest absolute Gasteiger partial charge is 0.335 e. The Hall–Kier alpha value is -1.59. The highest BCUT2D eigenvalue weighted by molar-refractivity contribution is 5.88. The molecule has 1 heterocycles. The monoisotopic (exact) mass is 251 g/mol. The lowest BCUT2D eigenvalue weighted by atomic mass is 10.0. The van der Waals surface area contributed by atoms with E-state index in [-0.39, 0.29) is 11.2 Å². The maximum Gasteiger partial charge on any atom is 0.335 e. The van der Waals surface area contributed by atoms with Gasteiger partial charge in [0.25, 0.3) is 0 Å². The van der Waals surface area contributed by atoms with Crippen LogP contribution in [0.2, 0.25) is 0 Å². The highest BCUT2D eigenvalue weighted by atomic mass is 16.5. The molecule has 0 spiro atoms. The first-order valence-corrected chi connectivity index (χ1v) is 5.85. The number of ether oxygens (including phenoxy) is 2. The van der Waals surface area contributed by atoms with Crippen molar-refractivity contribution in [2.24, 2.45) is 0 Å². The SMILES string of the molecule is COC1(CNc2cccc(C(=O)O)c2)CCOC1. The minimum Gasteiger partial charge on any atom is -0.478 e. The predicted molar refractivity (Wildman–Crippen MR) is 67.1 cm³/mol. The van der Waals surface area contributed by atoms with Crippen LogP contribution in [0, 0.1) is 0 Å². The van der Waals surface area contributed by atoms with Crippen LogP contribution in [0.4, 0.5) is 5.69 Å². The van der Waals surface area contributed by atoms with Crippen molar-refractivity contribution in [1.29, 1.82) is 0 Å². The Bertz CT molecular complexity index is 427. The molecule has 1 fully saturated rings. The second kappa shape index (κ2) is 5.37. The van der Waals surface area contributed by atoms with Gasteiger partial charge in [0.05, 0.1) is 12.2 Å². The third kappa shape index (κ3) is 2.80. The molecule has 0 radical (unpaired) electrons. The summed E-state index contributed by atoms with van der Waals surface area (Å²) < 4.78 is 10.8. The molecule has 1 atom stereocenters. The van der Waals surface area contributed by atoms with E-state index >= 15 is 0 Å². The molecule has 98 valence electrons. The van der Waals surface area contributed by atoms with Gasteiger partial charge in [-0.15, -0.1) is 0 Å². The van der Waals surface area contributed by atoms with Crippen LogP contribution in [0.3, 0.4) is 0 Å². The van der Waals surface area contributed by atoms with Crippen molar-refractivity contribution >= 4 is 11.7 Å². The average molecular weight is 251 g/mol. The van der Waals surface area contributed by atoms with E-state index in [0.717, 1.165) is 12.1 Å². The lowest BCUT2D eigenvalue weighted by Crippen LogP contribution is -2.39. The van der Waals surface area contributed by atoms with Crippen LogP contribution in [-0.2, 0) is 9.47 Å². The third-order valence-electron chi connectivity index (χ3n) is 3.22. The fraction of sp³-hybridized carbons (Fsp3) is 0.462. The number of hydrogen-bond acceptors (Lipinski definition) is 4. The topological polar surface area (TPSA) is 67.8 Å². The molecule has 5 nitrogen and oxygen atoms in total. The van der Waals surface area contributed by atoms with Gasteiger partial charge in [0.2, 0.25) is 0 Å². The number of hydrogen-bond donors (Lipinski definition) is 2. The molecule has 0 amide bonds. The Morgan fingerprint density at radius 2 is 2.44 bits per heavy atom. The van der Waals surface area contributed by atoms with Gasteiger partial charge in [0.15, 0.2) is 0 Å². The molecule has 0 bridgehead atoms. The quantitative estimate of drug-likeness (QED) is 0.832. The van der Waals surface area contributed by atoms with Crippen molar-refractivity contribution in [3.8, 4) is 0 Å². The van der Waals surface area contributed by atoms with Crippen LogP contribution < -0.4 is 5.32 Å². The summed E-state index contributed by atoms with van der Waals surface area (Å²) in [4.78, 5) is 10.9. The summed E-state index contributed by atoms with van der Waals surface area (Å²) in [6.45, 7) is 1.87. The lowest BCUT2D eigenvalue weighted by molar-refractivity contribution is -0.00619. The first-order chi connectivity index (χ1) is 8.65. The number of benzene rings is 1. The summed E-state index contributed by atoms with van der Waals surface area (Å²) in [7, 11) is 1.67. The van der Waals surface area contributed by atoms with Gasteiger partial charge in [0.1, 0.15) is 5.60 Å². The number of methoxy groups -OCH3 is 1. The van der Waals surface area contributed by atoms with Crippen molar-refractivity contribution < 1.29 is 19.4 Å².